The standard InChI is InChI=1S/C15H20N4O3S/c1-18(10-14(20)19-8-4-5-11(19)9-16)15-12-6-2-3-7-13(12)23(21,22)17-15/h2-3,6-7,11H,4-5,8-10,16H2,1H3. The van der Waals surface area contributed by atoms with Crippen LogP contribution in [-0.2, 0) is 14.8 Å². The summed E-state index contributed by atoms with van der Waals surface area (Å²) in [5.74, 6) is 0.266. The van der Waals surface area contributed by atoms with Crippen molar-refractivity contribution in [1.82, 2.24) is 9.80 Å². The van der Waals surface area contributed by atoms with Crippen LogP contribution in [0.15, 0.2) is 33.6 Å². The van der Waals surface area contributed by atoms with Gasteiger partial charge in [-0.3, -0.25) is 4.79 Å². The molecule has 2 aliphatic rings. The van der Waals surface area contributed by atoms with Gasteiger partial charge in [-0.25, -0.2) is 0 Å². The van der Waals surface area contributed by atoms with E-state index in [4.69, 9.17) is 5.73 Å². The molecule has 0 aromatic heterocycles. The van der Waals surface area contributed by atoms with Crippen molar-refractivity contribution in [3.05, 3.63) is 29.8 Å². The van der Waals surface area contributed by atoms with Crippen molar-refractivity contribution >= 4 is 21.8 Å². The van der Waals surface area contributed by atoms with E-state index in [9.17, 15) is 13.2 Å². The molecule has 0 bridgehead atoms. The van der Waals surface area contributed by atoms with Crippen LogP contribution in [0.5, 0.6) is 0 Å². The summed E-state index contributed by atoms with van der Waals surface area (Å²) in [5, 5.41) is 0. The third-order valence-electron chi connectivity index (χ3n) is 4.32. The number of amides is 1. The number of likely N-dealkylation sites (N-methyl/N-ethyl adjacent to an activating group) is 1. The van der Waals surface area contributed by atoms with Crippen LogP contribution in [0.3, 0.4) is 0 Å². The van der Waals surface area contributed by atoms with Gasteiger partial charge in [0, 0.05) is 31.7 Å². The first kappa shape index (κ1) is 15.9. The van der Waals surface area contributed by atoms with Crippen molar-refractivity contribution in [3.8, 4) is 0 Å². The van der Waals surface area contributed by atoms with Crippen LogP contribution in [-0.4, -0.2) is 62.7 Å². The number of likely N-dealkylation sites (tertiary alicyclic amines) is 1. The zero-order valence-corrected chi connectivity index (χ0v) is 13.8. The Bertz CT molecular complexity index is 760. The molecular formula is C15H20N4O3S. The maximum absolute atomic E-state index is 12.5. The minimum atomic E-state index is -3.67. The van der Waals surface area contributed by atoms with Gasteiger partial charge in [-0.1, -0.05) is 12.1 Å². The van der Waals surface area contributed by atoms with E-state index in [2.05, 4.69) is 4.40 Å². The molecule has 7 nitrogen and oxygen atoms in total. The number of benzene rings is 1. The topological polar surface area (TPSA) is 96.1 Å². The molecule has 0 spiro atoms. The first-order valence-corrected chi connectivity index (χ1v) is 9.03. The van der Waals surface area contributed by atoms with E-state index in [-0.39, 0.29) is 23.4 Å². The highest BCUT2D eigenvalue weighted by Gasteiger charge is 2.33. The molecule has 2 aliphatic heterocycles. The Morgan fingerprint density at radius 1 is 1.43 bits per heavy atom. The summed E-state index contributed by atoms with van der Waals surface area (Å²) in [5.41, 5.74) is 6.24. The lowest BCUT2D eigenvalue weighted by molar-refractivity contribution is -0.132. The summed E-state index contributed by atoms with van der Waals surface area (Å²) in [7, 11) is -1.99. The molecular weight excluding hydrogens is 316 g/mol. The first-order chi connectivity index (χ1) is 10.9. The van der Waals surface area contributed by atoms with Gasteiger partial charge in [0.15, 0.2) is 5.84 Å². The van der Waals surface area contributed by atoms with Gasteiger partial charge in [0.25, 0.3) is 10.0 Å². The van der Waals surface area contributed by atoms with Gasteiger partial charge in [-0.15, -0.1) is 4.40 Å². The molecule has 1 atom stereocenters. The third kappa shape index (κ3) is 2.84. The zero-order chi connectivity index (χ0) is 16.6. The molecule has 1 aromatic rings. The van der Waals surface area contributed by atoms with E-state index in [0.29, 0.717) is 24.5 Å². The highest BCUT2D eigenvalue weighted by molar-refractivity contribution is 7.90. The molecule has 1 aromatic carbocycles. The second-order valence-electron chi connectivity index (χ2n) is 5.86. The fourth-order valence-electron chi connectivity index (χ4n) is 3.14. The predicted octanol–water partition coefficient (Wildman–Crippen LogP) is 0.0170. The number of hydrogen-bond acceptors (Lipinski definition) is 5. The Hall–Kier alpha value is -1.93. The number of rotatable bonds is 3. The van der Waals surface area contributed by atoms with E-state index in [0.717, 1.165) is 12.8 Å². The maximum atomic E-state index is 12.5. The maximum Gasteiger partial charge on any atom is 0.285 e. The lowest BCUT2D eigenvalue weighted by Gasteiger charge is -2.27. The molecule has 3 rings (SSSR count). The first-order valence-electron chi connectivity index (χ1n) is 7.59. The third-order valence-corrected chi connectivity index (χ3v) is 5.64. The summed E-state index contributed by atoms with van der Waals surface area (Å²) in [6, 6.07) is 6.74. The number of carbonyl (C=O) groups excluding carboxylic acids is 1. The number of nitrogens with zero attached hydrogens (tertiary/aromatic N) is 3. The Labute approximate surface area is 135 Å². The van der Waals surface area contributed by atoms with Crippen LogP contribution < -0.4 is 5.73 Å². The minimum Gasteiger partial charge on any atom is -0.349 e. The molecule has 1 unspecified atom stereocenters. The smallest absolute Gasteiger partial charge is 0.285 e. The monoisotopic (exact) mass is 336 g/mol. The number of carbonyl (C=O) groups is 1. The quantitative estimate of drug-likeness (QED) is 0.839. The molecule has 0 aliphatic carbocycles. The molecule has 2 N–H and O–H groups in total. The SMILES string of the molecule is CN(CC(=O)N1CCCC1CN)C1=NS(=O)(=O)c2ccccc21. The number of nitrogens with two attached hydrogens (primary N) is 1. The number of sulfonamides is 1. The van der Waals surface area contributed by atoms with Crippen LogP contribution in [0.2, 0.25) is 0 Å². The molecule has 0 saturated carbocycles. The van der Waals surface area contributed by atoms with Crippen LogP contribution in [0, 0.1) is 0 Å². The Balaban J connectivity index is 1.79. The molecule has 1 fully saturated rings. The van der Waals surface area contributed by atoms with Crippen molar-refractivity contribution in [1.29, 1.82) is 0 Å². The van der Waals surface area contributed by atoms with Gasteiger partial charge in [0.05, 0.1) is 6.54 Å². The van der Waals surface area contributed by atoms with E-state index in [1.807, 2.05) is 0 Å². The molecule has 2 heterocycles. The normalized spacial score (nSPS) is 21.9. The van der Waals surface area contributed by atoms with Crippen molar-refractivity contribution in [2.45, 2.75) is 23.8 Å². The Morgan fingerprint density at radius 3 is 2.91 bits per heavy atom. The molecule has 8 heteroatoms. The number of fused-ring (bicyclic) bond motifs is 1. The lowest BCUT2D eigenvalue weighted by Crippen LogP contribution is -2.45. The van der Waals surface area contributed by atoms with Gasteiger partial charge < -0.3 is 15.5 Å². The zero-order valence-electron chi connectivity index (χ0n) is 13.0. The largest absolute Gasteiger partial charge is 0.349 e. The summed E-state index contributed by atoms with van der Waals surface area (Å²) < 4.78 is 28.0. The van der Waals surface area contributed by atoms with E-state index < -0.39 is 10.0 Å². The fourth-order valence-corrected chi connectivity index (χ4v) is 4.39. The molecule has 0 radical (unpaired) electrons. The summed E-state index contributed by atoms with van der Waals surface area (Å²) >= 11 is 0. The van der Waals surface area contributed by atoms with Gasteiger partial charge in [-0.05, 0) is 25.0 Å². The van der Waals surface area contributed by atoms with E-state index in [1.54, 1.807) is 35.0 Å². The molecule has 1 amide bonds. The summed E-state index contributed by atoms with van der Waals surface area (Å²) in [6.07, 6.45) is 1.87. The van der Waals surface area contributed by atoms with Crippen LogP contribution in [0.25, 0.3) is 0 Å². The van der Waals surface area contributed by atoms with Gasteiger partial charge in [0.2, 0.25) is 5.91 Å². The average Bonchev–Trinajstić information content (AvgIpc) is 3.10. The second-order valence-corrected chi connectivity index (χ2v) is 7.43. The van der Waals surface area contributed by atoms with Crippen LogP contribution in [0.1, 0.15) is 18.4 Å². The van der Waals surface area contributed by atoms with Crippen molar-refractivity contribution in [2.75, 3.05) is 26.7 Å². The van der Waals surface area contributed by atoms with Crippen molar-refractivity contribution < 1.29 is 13.2 Å². The molecule has 124 valence electrons. The van der Waals surface area contributed by atoms with Gasteiger partial charge >= 0.3 is 0 Å². The number of amidine groups is 1. The van der Waals surface area contributed by atoms with Gasteiger partial charge in [0.1, 0.15) is 4.90 Å². The van der Waals surface area contributed by atoms with Crippen LogP contribution >= 0.6 is 0 Å². The summed E-state index contributed by atoms with van der Waals surface area (Å²) in [6.45, 7) is 1.24. The van der Waals surface area contributed by atoms with Crippen LogP contribution in [0.4, 0.5) is 0 Å². The minimum absolute atomic E-state index is 0.0510. The van der Waals surface area contributed by atoms with E-state index >= 15 is 0 Å². The van der Waals surface area contributed by atoms with Crippen molar-refractivity contribution in [3.63, 3.8) is 0 Å². The number of hydrogen-bond donors (Lipinski definition) is 1. The molecule has 23 heavy (non-hydrogen) atoms. The van der Waals surface area contributed by atoms with E-state index in [1.165, 1.54) is 6.07 Å². The summed E-state index contributed by atoms with van der Waals surface area (Å²) in [4.78, 5) is 16.0. The van der Waals surface area contributed by atoms with Crippen molar-refractivity contribution in [2.24, 2.45) is 10.1 Å². The fraction of sp³-hybridized carbons (Fsp3) is 0.467. The lowest BCUT2D eigenvalue weighted by atomic mass is 10.2. The molecule has 1 saturated heterocycles. The second kappa shape index (κ2) is 5.93. The highest BCUT2D eigenvalue weighted by atomic mass is 32.2. The van der Waals surface area contributed by atoms with Gasteiger partial charge in [-0.2, -0.15) is 8.42 Å². The Kier molecular flexibility index (Phi) is 4.11. The predicted molar refractivity (Wildman–Crippen MR) is 86.6 cm³/mol. The Morgan fingerprint density at radius 2 is 2.17 bits per heavy atom. The average molecular weight is 336 g/mol. The highest BCUT2D eigenvalue weighted by Crippen LogP contribution is 2.27.